The van der Waals surface area contributed by atoms with Gasteiger partial charge in [0.15, 0.2) is 0 Å². The first-order chi connectivity index (χ1) is 8.34. The third kappa shape index (κ3) is 2.34. The summed E-state index contributed by atoms with van der Waals surface area (Å²) in [6.07, 6.45) is 4.12. The van der Waals surface area contributed by atoms with Crippen molar-refractivity contribution in [2.75, 3.05) is 11.9 Å². The van der Waals surface area contributed by atoms with E-state index in [0.717, 1.165) is 23.3 Å². The Morgan fingerprint density at radius 2 is 2.12 bits per heavy atom. The van der Waals surface area contributed by atoms with Gasteiger partial charge in [0.2, 0.25) is 0 Å². The van der Waals surface area contributed by atoms with Gasteiger partial charge < -0.3 is 5.32 Å². The predicted molar refractivity (Wildman–Crippen MR) is 70.4 cm³/mol. The number of anilines is 1. The van der Waals surface area contributed by atoms with Crippen molar-refractivity contribution in [3.8, 4) is 0 Å². The second-order valence-electron chi connectivity index (χ2n) is 4.47. The Morgan fingerprint density at radius 1 is 1.29 bits per heavy atom. The molecule has 4 heteroatoms. The molecule has 1 aliphatic rings. The third-order valence-corrected chi connectivity index (χ3v) is 3.65. The van der Waals surface area contributed by atoms with Crippen LogP contribution in [0.4, 0.5) is 5.82 Å². The summed E-state index contributed by atoms with van der Waals surface area (Å²) in [6, 6.07) is 7.99. The van der Waals surface area contributed by atoms with E-state index in [1.54, 1.807) is 6.33 Å². The molecule has 3 nitrogen and oxygen atoms in total. The van der Waals surface area contributed by atoms with Crippen molar-refractivity contribution >= 4 is 28.3 Å². The van der Waals surface area contributed by atoms with E-state index >= 15 is 0 Å². The molecule has 17 heavy (non-hydrogen) atoms. The van der Waals surface area contributed by atoms with E-state index in [9.17, 15) is 0 Å². The van der Waals surface area contributed by atoms with E-state index in [2.05, 4.69) is 15.3 Å². The zero-order chi connectivity index (χ0) is 11.7. The van der Waals surface area contributed by atoms with E-state index in [1.807, 2.05) is 24.3 Å². The summed E-state index contributed by atoms with van der Waals surface area (Å²) < 4.78 is 0. The number of para-hydroxylation sites is 1. The van der Waals surface area contributed by atoms with Crippen LogP contribution in [0, 0.1) is 5.92 Å². The van der Waals surface area contributed by atoms with Gasteiger partial charge in [-0.2, -0.15) is 0 Å². The van der Waals surface area contributed by atoms with Crippen molar-refractivity contribution < 1.29 is 0 Å². The van der Waals surface area contributed by atoms with Gasteiger partial charge in [0, 0.05) is 11.9 Å². The highest BCUT2D eigenvalue weighted by Gasteiger charge is 2.29. The van der Waals surface area contributed by atoms with Gasteiger partial charge in [0.25, 0.3) is 0 Å². The molecule has 0 radical (unpaired) electrons. The topological polar surface area (TPSA) is 37.8 Å². The van der Waals surface area contributed by atoms with Crippen LogP contribution < -0.4 is 5.32 Å². The number of hydrogen-bond donors (Lipinski definition) is 1. The first-order valence-corrected chi connectivity index (χ1v) is 6.36. The van der Waals surface area contributed by atoms with E-state index in [1.165, 1.54) is 12.8 Å². The molecule has 0 spiro atoms. The average molecular weight is 248 g/mol. The molecule has 0 amide bonds. The second kappa shape index (κ2) is 4.49. The minimum absolute atomic E-state index is 0.212. The maximum Gasteiger partial charge on any atom is 0.137 e. The first-order valence-electron chi connectivity index (χ1n) is 5.92. The molecule has 3 rings (SSSR count). The highest BCUT2D eigenvalue weighted by molar-refractivity contribution is 6.21. The summed E-state index contributed by atoms with van der Waals surface area (Å²) in [7, 11) is 0. The van der Waals surface area contributed by atoms with Crippen molar-refractivity contribution in [3.05, 3.63) is 30.6 Å². The summed E-state index contributed by atoms with van der Waals surface area (Å²) in [5.41, 5.74) is 0.961. The number of halogens is 1. The van der Waals surface area contributed by atoms with E-state index in [0.29, 0.717) is 5.92 Å². The molecule has 1 aromatic heterocycles. The van der Waals surface area contributed by atoms with Crippen molar-refractivity contribution in [1.29, 1.82) is 0 Å². The molecule has 1 saturated carbocycles. The van der Waals surface area contributed by atoms with Crippen LogP contribution in [0.25, 0.3) is 10.9 Å². The molecule has 0 bridgehead atoms. The van der Waals surface area contributed by atoms with Gasteiger partial charge >= 0.3 is 0 Å². The maximum absolute atomic E-state index is 6.27. The van der Waals surface area contributed by atoms with Gasteiger partial charge in [-0.05, 0) is 30.9 Å². The maximum atomic E-state index is 6.27. The van der Waals surface area contributed by atoms with Crippen LogP contribution in [0.5, 0.6) is 0 Å². The largest absolute Gasteiger partial charge is 0.368 e. The molecule has 88 valence electrons. The highest BCUT2D eigenvalue weighted by atomic mass is 35.5. The predicted octanol–water partition coefficient (Wildman–Crippen LogP) is 3.06. The van der Waals surface area contributed by atoms with Crippen LogP contribution >= 0.6 is 11.6 Å². The Labute approximate surface area is 105 Å². The fourth-order valence-electron chi connectivity index (χ4n) is 1.96. The number of nitrogens with zero attached hydrogens (tertiary/aromatic N) is 2. The Bertz CT molecular complexity index is 520. The van der Waals surface area contributed by atoms with E-state index in [-0.39, 0.29) is 5.38 Å². The number of nitrogens with one attached hydrogen (secondary N) is 1. The van der Waals surface area contributed by atoms with E-state index in [4.69, 9.17) is 11.6 Å². The summed E-state index contributed by atoms with van der Waals surface area (Å²) in [4.78, 5) is 8.51. The standard InChI is InChI=1S/C13H14ClN3/c14-11(9-5-6-9)7-15-13-10-3-1-2-4-12(10)16-8-17-13/h1-4,8-9,11H,5-7H2,(H,15,16,17). The summed E-state index contributed by atoms with van der Waals surface area (Å²) in [6.45, 7) is 0.771. The van der Waals surface area contributed by atoms with Crippen molar-refractivity contribution in [1.82, 2.24) is 9.97 Å². The summed E-state index contributed by atoms with van der Waals surface area (Å²) >= 11 is 6.27. The van der Waals surface area contributed by atoms with Crippen LogP contribution in [-0.4, -0.2) is 21.9 Å². The first kappa shape index (κ1) is 10.8. The minimum Gasteiger partial charge on any atom is -0.368 e. The van der Waals surface area contributed by atoms with Crippen LogP contribution in [0.1, 0.15) is 12.8 Å². The van der Waals surface area contributed by atoms with Crippen molar-refractivity contribution in [2.24, 2.45) is 5.92 Å². The quantitative estimate of drug-likeness (QED) is 0.844. The van der Waals surface area contributed by atoms with Gasteiger partial charge in [0.05, 0.1) is 10.9 Å². The van der Waals surface area contributed by atoms with Crippen LogP contribution in [-0.2, 0) is 0 Å². The Morgan fingerprint density at radius 3 is 2.94 bits per heavy atom. The highest BCUT2D eigenvalue weighted by Crippen LogP contribution is 2.35. The number of rotatable bonds is 4. The lowest BCUT2D eigenvalue weighted by atomic mass is 10.2. The van der Waals surface area contributed by atoms with Crippen molar-refractivity contribution in [2.45, 2.75) is 18.2 Å². The minimum atomic E-state index is 0.212. The van der Waals surface area contributed by atoms with Gasteiger partial charge in [-0.3, -0.25) is 0 Å². The lowest BCUT2D eigenvalue weighted by Gasteiger charge is -2.11. The fraction of sp³-hybridized carbons (Fsp3) is 0.385. The summed E-state index contributed by atoms with van der Waals surface area (Å²) in [5.74, 6) is 1.57. The number of aromatic nitrogens is 2. The fourth-order valence-corrected chi connectivity index (χ4v) is 2.29. The van der Waals surface area contributed by atoms with Gasteiger partial charge in [-0.1, -0.05) is 12.1 Å². The lowest BCUT2D eigenvalue weighted by molar-refractivity contribution is 0.769. The zero-order valence-corrected chi connectivity index (χ0v) is 10.2. The molecule has 1 heterocycles. The molecule has 1 aromatic carbocycles. The number of fused-ring (bicyclic) bond motifs is 1. The van der Waals surface area contributed by atoms with Crippen LogP contribution in [0.15, 0.2) is 30.6 Å². The monoisotopic (exact) mass is 247 g/mol. The van der Waals surface area contributed by atoms with Gasteiger partial charge in [0.1, 0.15) is 12.1 Å². The Kier molecular flexibility index (Phi) is 2.85. The molecule has 0 aliphatic heterocycles. The summed E-state index contributed by atoms with van der Waals surface area (Å²) in [5, 5.41) is 4.59. The Balaban J connectivity index is 1.79. The van der Waals surface area contributed by atoms with E-state index < -0.39 is 0 Å². The average Bonchev–Trinajstić information content (AvgIpc) is 3.20. The smallest absolute Gasteiger partial charge is 0.137 e. The molecule has 1 aliphatic carbocycles. The SMILES string of the molecule is ClC(CNc1ncnc2ccccc12)C1CC1. The molecule has 1 unspecified atom stereocenters. The third-order valence-electron chi connectivity index (χ3n) is 3.14. The molecular formula is C13H14ClN3. The van der Waals surface area contributed by atoms with Gasteiger partial charge in [-0.25, -0.2) is 9.97 Å². The molecule has 0 saturated heterocycles. The van der Waals surface area contributed by atoms with Crippen LogP contribution in [0.3, 0.4) is 0 Å². The number of alkyl halides is 1. The van der Waals surface area contributed by atoms with Crippen molar-refractivity contribution in [3.63, 3.8) is 0 Å². The lowest BCUT2D eigenvalue weighted by Crippen LogP contribution is -2.16. The molecule has 1 atom stereocenters. The van der Waals surface area contributed by atoms with Crippen LogP contribution in [0.2, 0.25) is 0 Å². The Hall–Kier alpha value is -1.35. The molecule has 2 aromatic rings. The molecule has 1 fully saturated rings. The molecule has 1 N–H and O–H groups in total. The van der Waals surface area contributed by atoms with Gasteiger partial charge in [-0.15, -0.1) is 11.6 Å². The number of benzene rings is 1. The molecular weight excluding hydrogens is 234 g/mol. The number of hydrogen-bond acceptors (Lipinski definition) is 3. The zero-order valence-electron chi connectivity index (χ0n) is 9.44. The second-order valence-corrected chi connectivity index (χ2v) is 5.03. The normalized spacial score (nSPS) is 17.0.